The highest BCUT2D eigenvalue weighted by Crippen LogP contribution is 2.15. The zero-order chi connectivity index (χ0) is 25.4. The molecule has 6 rings (SSSR count). The van der Waals surface area contributed by atoms with Gasteiger partial charge >= 0.3 is 7.12 Å². The van der Waals surface area contributed by atoms with E-state index in [1.165, 1.54) is 0 Å². The van der Waals surface area contributed by atoms with Crippen molar-refractivity contribution in [2.24, 2.45) is 0 Å². The number of nitrogens with zero attached hydrogens (tertiary/aromatic N) is 9. The van der Waals surface area contributed by atoms with Crippen LogP contribution in [0.2, 0.25) is 0 Å². The number of carbonyl (C=O) groups excluding carboxylic acids is 3. The molecule has 0 saturated carbocycles. The first-order valence-corrected chi connectivity index (χ1v) is 13.3. The van der Waals surface area contributed by atoms with E-state index in [-0.39, 0.29) is 17.7 Å². The van der Waals surface area contributed by atoms with Crippen molar-refractivity contribution in [1.82, 2.24) is 43.8 Å². The van der Waals surface area contributed by atoms with Gasteiger partial charge in [0, 0.05) is 39.3 Å². The second kappa shape index (κ2) is 9.87. The smallest absolute Gasteiger partial charge is 0.326 e. The molecule has 13 heteroatoms. The average Bonchev–Trinajstić information content (AvgIpc) is 3.75. The van der Waals surface area contributed by atoms with E-state index in [1.54, 1.807) is 50.6 Å². The third kappa shape index (κ3) is 4.53. The van der Waals surface area contributed by atoms with Crippen LogP contribution in [0, 0.1) is 0 Å². The van der Waals surface area contributed by atoms with Crippen molar-refractivity contribution in [1.29, 1.82) is 0 Å². The van der Waals surface area contributed by atoms with Gasteiger partial charge in [0.05, 0.1) is 0 Å². The Morgan fingerprint density at radius 1 is 0.514 bits per heavy atom. The molecule has 3 aliphatic heterocycles. The normalized spacial score (nSPS) is 17.9. The molecule has 3 fully saturated rings. The summed E-state index contributed by atoms with van der Waals surface area (Å²) in [6.07, 6.45) is 11.3. The lowest BCUT2D eigenvalue weighted by Gasteiger charge is -2.27. The lowest BCUT2D eigenvalue weighted by molar-refractivity contribution is 0.0779. The second-order valence-electron chi connectivity index (χ2n) is 10.1. The standard InChI is InChI=1S/C24H31BN9O3/c35-22(29-10-1-2-11-29)19-7-16-32(26-19)25(33-17-8-20(27-33)23(36)30-12-3-4-13-30)34-18-9-21(28-34)24(37)31-14-5-6-15-31/h7-9,16-18,25H,1-6,10-15H2/q-1. The second-order valence-corrected chi connectivity index (χ2v) is 10.1. The summed E-state index contributed by atoms with van der Waals surface area (Å²) in [5.74, 6) is -0.277. The van der Waals surface area contributed by atoms with Gasteiger partial charge in [-0.2, -0.15) is 0 Å². The Balaban J connectivity index is 1.32. The molecule has 3 aromatic rings. The zero-order valence-corrected chi connectivity index (χ0v) is 20.9. The van der Waals surface area contributed by atoms with Crippen LogP contribution in [0.25, 0.3) is 0 Å². The van der Waals surface area contributed by atoms with Gasteiger partial charge in [-0.25, -0.2) is 15.3 Å². The average molecular weight is 504 g/mol. The largest absolute Gasteiger partial charge is 0.402 e. The van der Waals surface area contributed by atoms with Gasteiger partial charge < -0.3 is 28.5 Å². The van der Waals surface area contributed by atoms with Crippen LogP contribution in [-0.4, -0.2) is 108 Å². The molecule has 3 aliphatic rings. The molecule has 3 aromatic heterocycles. The molecule has 0 radical (unpaired) electrons. The molecule has 0 spiro atoms. The lowest BCUT2D eigenvalue weighted by atomic mass is 9.96. The summed E-state index contributed by atoms with van der Waals surface area (Å²) in [5, 5.41) is 13.9. The molecule has 37 heavy (non-hydrogen) atoms. The molecule has 0 unspecified atom stereocenters. The number of rotatable bonds is 6. The zero-order valence-electron chi connectivity index (χ0n) is 20.9. The number of aromatic nitrogens is 6. The van der Waals surface area contributed by atoms with E-state index in [9.17, 15) is 14.4 Å². The third-order valence-corrected chi connectivity index (χ3v) is 7.63. The highest BCUT2D eigenvalue weighted by Gasteiger charge is 2.26. The van der Waals surface area contributed by atoms with Crippen LogP contribution in [0.1, 0.15) is 70.0 Å². The van der Waals surface area contributed by atoms with Crippen LogP contribution in [0.4, 0.5) is 0 Å². The van der Waals surface area contributed by atoms with Crippen molar-refractivity contribution in [3.63, 3.8) is 0 Å². The number of hydrogen-bond acceptors (Lipinski definition) is 6. The molecule has 0 N–H and O–H groups in total. The molecule has 3 amide bonds. The number of likely N-dealkylation sites (tertiary alicyclic amines) is 3. The summed E-state index contributed by atoms with van der Waals surface area (Å²) >= 11 is 0. The maximum atomic E-state index is 13.0. The predicted molar refractivity (Wildman–Crippen MR) is 135 cm³/mol. The fourth-order valence-electron chi connectivity index (χ4n) is 5.59. The maximum Gasteiger partial charge on any atom is 0.326 e. The Morgan fingerprint density at radius 2 is 0.784 bits per heavy atom. The van der Waals surface area contributed by atoms with Gasteiger partial charge in [0.2, 0.25) is 0 Å². The number of carbonyl (C=O) groups is 3. The molecule has 6 heterocycles. The SMILES string of the molecule is O=C(c1ccn([BH-](n2ccc(C(=O)N3CCCC3)n2)n2ccc(C(=O)N3CCCC3)n2)n1)N1CCCC1. The van der Waals surface area contributed by atoms with Crippen LogP contribution < -0.4 is 0 Å². The van der Waals surface area contributed by atoms with Crippen molar-refractivity contribution in [2.75, 3.05) is 39.3 Å². The first kappa shape index (κ1) is 23.5. The molecule has 3 saturated heterocycles. The highest BCUT2D eigenvalue weighted by molar-refractivity contribution is 6.52. The monoisotopic (exact) mass is 504 g/mol. The number of amides is 3. The summed E-state index contributed by atoms with van der Waals surface area (Å²) < 4.78 is 5.03. The van der Waals surface area contributed by atoms with Crippen LogP contribution in [0.3, 0.4) is 0 Å². The molecular formula is C24H31BN9O3-. The van der Waals surface area contributed by atoms with Crippen molar-refractivity contribution in [2.45, 2.75) is 38.5 Å². The van der Waals surface area contributed by atoms with E-state index in [1.807, 2.05) is 14.7 Å². The summed E-state index contributed by atoms with van der Waals surface area (Å²) in [4.78, 5) is 44.3. The van der Waals surface area contributed by atoms with E-state index in [0.717, 1.165) is 77.8 Å². The quantitative estimate of drug-likeness (QED) is 0.456. The Kier molecular flexibility index (Phi) is 6.27. The fraction of sp³-hybridized carbons (Fsp3) is 0.500. The molecule has 12 nitrogen and oxygen atoms in total. The topological polar surface area (TPSA) is 114 Å². The van der Waals surface area contributed by atoms with Crippen LogP contribution >= 0.6 is 0 Å². The molecule has 0 atom stereocenters. The third-order valence-electron chi connectivity index (χ3n) is 7.63. The van der Waals surface area contributed by atoms with E-state index in [0.29, 0.717) is 17.1 Å². The Bertz CT molecular complexity index is 1140. The molecule has 194 valence electrons. The van der Waals surface area contributed by atoms with Gasteiger partial charge in [-0.3, -0.25) is 14.4 Å². The summed E-state index contributed by atoms with van der Waals surface area (Å²) in [6.45, 7) is 4.44. The lowest BCUT2D eigenvalue weighted by Crippen LogP contribution is -2.43. The Hall–Kier alpha value is -3.90. The predicted octanol–water partition coefficient (Wildman–Crippen LogP) is 0.646. The first-order valence-electron chi connectivity index (χ1n) is 13.3. The van der Waals surface area contributed by atoms with Crippen molar-refractivity contribution >= 4 is 24.8 Å². The molecule has 0 aromatic carbocycles. The minimum Gasteiger partial charge on any atom is -0.402 e. The van der Waals surface area contributed by atoms with Crippen LogP contribution in [0.5, 0.6) is 0 Å². The molecular weight excluding hydrogens is 473 g/mol. The van der Waals surface area contributed by atoms with Crippen LogP contribution in [0.15, 0.2) is 36.8 Å². The van der Waals surface area contributed by atoms with E-state index >= 15 is 0 Å². The van der Waals surface area contributed by atoms with Gasteiger partial charge in [0.25, 0.3) is 17.7 Å². The number of hydrogen-bond donors (Lipinski definition) is 0. The summed E-state index contributed by atoms with van der Waals surface area (Å²) in [6, 6.07) is 5.13. The highest BCUT2D eigenvalue weighted by atomic mass is 16.2. The molecule has 0 aliphatic carbocycles. The van der Waals surface area contributed by atoms with Crippen molar-refractivity contribution in [3.8, 4) is 0 Å². The molecule has 0 bridgehead atoms. The van der Waals surface area contributed by atoms with Crippen molar-refractivity contribution < 1.29 is 14.4 Å². The van der Waals surface area contributed by atoms with Gasteiger partial charge in [-0.1, -0.05) is 0 Å². The van der Waals surface area contributed by atoms with Gasteiger partial charge in [0.1, 0.15) is 17.1 Å². The maximum absolute atomic E-state index is 13.0. The Labute approximate surface area is 214 Å². The first-order chi connectivity index (χ1) is 18.1. The van der Waals surface area contributed by atoms with Gasteiger partial charge in [-0.15, -0.1) is 0 Å². The minimum absolute atomic E-state index is 0.0925. The van der Waals surface area contributed by atoms with Crippen molar-refractivity contribution in [3.05, 3.63) is 53.9 Å². The minimum atomic E-state index is -1.83. The fourth-order valence-corrected chi connectivity index (χ4v) is 5.59. The van der Waals surface area contributed by atoms with Crippen LogP contribution in [-0.2, 0) is 0 Å². The van der Waals surface area contributed by atoms with E-state index < -0.39 is 7.12 Å². The summed E-state index contributed by atoms with van der Waals surface area (Å²) in [7, 11) is -1.83. The Morgan fingerprint density at radius 3 is 1.05 bits per heavy atom. The van der Waals surface area contributed by atoms with Gasteiger partial charge in [0.15, 0.2) is 0 Å². The summed E-state index contributed by atoms with van der Waals surface area (Å²) in [5.41, 5.74) is 1.08. The van der Waals surface area contributed by atoms with Gasteiger partial charge in [-0.05, 0) is 75.3 Å². The van der Waals surface area contributed by atoms with E-state index in [2.05, 4.69) is 15.3 Å². The van der Waals surface area contributed by atoms with E-state index in [4.69, 9.17) is 0 Å².